The summed E-state index contributed by atoms with van der Waals surface area (Å²) in [6, 6.07) is 5.20. The summed E-state index contributed by atoms with van der Waals surface area (Å²) in [5, 5.41) is 10.4. The molecule has 0 aliphatic heterocycles. The summed E-state index contributed by atoms with van der Waals surface area (Å²) >= 11 is 0. The molecule has 0 aliphatic carbocycles. The molecule has 0 unspecified atom stereocenters. The Balaban J connectivity index is 0.00000364. The average Bonchev–Trinajstić information content (AvgIpc) is 3.08. The summed E-state index contributed by atoms with van der Waals surface area (Å²) in [6.45, 7) is 9.75. The summed E-state index contributed by atoms with van der Waals surface area (Å²) in [6.07, 6.45) is 1.57. The molecular weight excluding hydrogens is 460 g/mol. The molecule has 8 heteroatoms. The van der Waals surface area contributed by atoms with E-state index in [1.807, 2.05) is 26.8 Å². The van der Waals surface area contributed by atoms with Crippen LogP contribution in [0.3, 0.4) is 0 Å². The van der Waals surface area contributed by atoms with Crippen LogP contribution in [0.2, 0.25) is 0 Å². The maximum atomic E-state index is 13.6. The number of nitrogens with one attached hydrogen (secondary N) is 2. The molecule has 0 atom stereocenters. The van der Waals surface area contributed by atoms with Gasteiger partial charge in [0.2, 0.25) is 5.89 Å². The number of nitrogens with zero attached hydrogens (tertiary/aromatic N) is 3. The highest BCUT2D eigenvalue weighted by atomic mass is 127. The van der Waals surface area contributed by atoms with Gasteiger partial charge in [-0.25, -0.2) is 9.38 Å². The molecule has 0 aliphatic rings. The van der Waals surface area contributed by atoms with Gasteiger partial charge < -0.3 is 15.2 Å². The predicted octanol–water partition coefficient (Wildman–Crippen LogP) is 3.95. The second-order valence-electron chi connectivity index (χ2n) is 6.51. The van der Waals surface area contributed by atoms with Crippen molar-refractivity contribution >= 4 is 29.9 Å². The second-order valence-corrected chi connectivity index (χ2v) is 6.51. The molecule has 0 bridgehead atoms. The predicted molar refractivity (Wildman–Crippen MR) is 116 cm³/mol. The molecule has 27 heavy (non-hydrogen) atoms. The summed E-state index contributed by atoms with van der Waals surface area (Å²) in [5.74, 6) is 2.18. The second kappa shape index (κ2) is 11.9. The summed E-state index contributed by atoms with van der Waals surface area (Å²) in [5.41, 5.74) is 1.49. The Hall–Kier alpha value is -1.71. The first-order valence-corrected chi connectivity index (χ1v) is 9.09. The minimum atomic E-state index is -0.198. The Morgan fingerprint density at radius 1 is 1.30 bits per heavy atom. The van der Waals surface area contributed by atoms with Crippen molar-refractivity contribution in [2.24, 2.45) is 4.99 Å². The van der Waals surface area contributed by atoms with Gasteiger partial charge in [0.25, 0.3) is 0 Å². The van der Waals surface area contributed by atoms with Gasteiger partial charge >= 0.3 is 0 Å². The van der Waals surface area contributed by atoms with E-state index in [1.165, 1.54) is 6.07 Å². The van der Waals surface area contributed by atoms with Crippen molar-refractivity contribution < 1.29 is 8.91 Å². The lowest BCUT2D eigenvalue weighted by Gasteiger charge is -2.11. The molecule has 2 N–H and O–H groups in total. The lowest BCUT2D eigenvalue weighted by atomic mass is 10.1. The van der Waals surface area contributed by atoms with Crippen LogP contribution in [0.15, 0.2) is 27.7 Å². The van der Waals surface area contributed by atoms with Gasteiger partial charge in [0.1, 0.15) is 5.82 Å². The molecule has 1 aromatic carbocycles. The van der Waals surface area contributed by atoms with Crippen molar-refractivity contribution in [2.45, 2.75) is 53.0 Å². The fourth-order valence-corrected chi connectivity index (χ4v) is 2.30. The van der Waals surface area contributed by atoms with Crippen molar-refractivity contribution in [3.8, 4) is 0 Å². The number of halogens is 2. The minimum absolute atomic E-state index is 0. The standard InChI is InChI=1S/C19H28FN5O.HI/c1-5-21-19(23-12-15-9-8-14(4)16(20)11-15)22-10-6-7-17-24-18(13(2)3)25-26-17;/h8-9,11,13H,5-7,10,12H2,1-4H3,(H2,21,22,23);1H. The lowest BCUT2D eigenvalue weighted by molar-refractivity contribution is 0.368. The van der Waals surface area contributed by atoms with Gasteiger partial charge in [-0.2, -0.15) is 4.98 Å². The monoisotopic (exact) mass is 489 g/mol. The first-order chi connectivity index (χ1) is 12.5. The molecular formula is C19H29FIN5O. The molecule has 0 saturated heterocycles. The Bertz CT molecular complexity index is 733. The van der Waals surface area contributed by atoms with E-state index in [0.717, 1.165) is 37.3 Å². The van der Waals surface area contributed by atoms with Gasteiger partial charge in [-0.05, 0) is 37.5 Å². The minimum Gasteiger partial charge on any atom is -0.357 e. The maximum Gasteiger partial charge on any atom is 0.226 e. The quantitative estimate of drug-likeness (QED) is 0.254. The van der Waals surface area contributed by atoms with Crippen LogP contribution >= 0.6 is 24.0 Å². The average molecular weight is 489 g/mol. The van der Waals surface area contributed by atoms with Crippen LogP contribution in [0.1, 0.15) is 56.0 Å². The highest BCUT2D eigenvalue weighted by Gasteiger charge is 2.09. The molecule has 0 spiro atoms. The van der Waals surface area contributed by atoms with E-state index in [9.17, 15) is 4.39 Å². The van der Waals surface area contributed by atoms with Crippen LogP contribution in [0.4, 0.5) is 4.39 Å². The normalized spacial score (nSPS) is 11.4. The van der Waals surface area contributed by atoms with Gasteiger partial charge in [0.05, 0.1) is 6.54 Å². The zero-order chi connectivity index (χ0) is 18.9. The molecule has 2 aromatic rings. The number of hydrogen-bond acceptors (Lipinski definition) is 4. The third kappa shape index (κ3) is 7.82. The summed E-state index contributed by atoms with van der Waals surface area (Å²) in [4.78, 5) is 8.87. The zero-order valence-electron chi connectivity index (χ0n) is 16.4. The number of guanidine groups is 1. The van der Waals surface area contributed by atoms with Crippen LogP contribution in [0.25, 0.3) is 0 Å². The van der Waals surface area contributed by atoms with Gasteiger partial charge in [-0.15, -0.1) is 24.0 Å². The Kier molecular flexibility index (Phi) is 10.3. The zero-order valence-corrected chi connectivity index (χ0v) is 18.7. The van der Waals surface area contributed by atoms with Crippen molar-refractivity contribution in [3.05, 3.63) is 46.9 Å². The topological polar surface area (TPSA) is 75.3 Å². The van der Waals surface area contributed by atoms with Gasteiger partial charge in [0.15, 0.2) is 11.8 Å². The Morgan fingerprint density at radius 3 is 2.70 bits per heavy atom. The third-order valence-electron chi connectivity index (χ3n) is 3.86. The molecule has 6 nitrogen and oxygen atoms in total. The van der Waals surface area contributed by atoms with Crippen LogP contribution in [0, 0.1) is 12.7 Å². The lowest BCUT2D eigenvalue weighted by Crippen LogP contribution is -2.37. The van der Waals surface area contributed by atoms with Crippen molar-refractivity contribution in [1.82, 2.24) is 20.8 Å². The number of rotatable bonds is 8. The van der Waals surface area contributed by atoms with Crippen molar-refractivity contribution in [1.29, 1.82) is 0 Å². The smallest absolute Gasteiger partial charge is 0.226 e. The number of aromatic nitrogens is 2. The van der Waals surface area contributed by atoms with Crippen molar-refractivity contribution in [2.75, 3.05) is 13.1 Å². The van der Waals surface area contributed by atoms with Crippen LogP contribution in [0.5, 0.6) is 0 Å². The Morgan fingerprint density at radius 2 is 2.07 bits per heavy atom. The van der Waals surface area contributed by atoms with E-state index in [0.29, 0.717) is 24.0 Å². The van der Waals surface area contributed by atoms with Crippen molar-refractivity contribution in [3.63, 3.8) is 0 Å². The van der Waals surface area contributed by atoms with Crippen LogP contribution in [-0.4, -0.2) is 29.2 Å². The van der Waals surface area contributed by atoms with E-state index in [1.54, 1.807) is 13.0 Å². The van der Waals surface area contributed by atoms with Gasteiger partial charge in [-0.1, -0.05) is 31.1 Å². The highest BCUT2D eigenvalue weighted by Crippen LogP contribution is 2.11. The maximum absolute atomic E-state index is 13.6. The third-order valence-corrected chi connectivity index (χ3v) is 3.86. The van der Waals surface area contributed by atoms with E-state index < -0.39 is 0 Å². The molecule has 0 saturated carbocycles. The molecule has 0 fully saturated rings. The molecule has 1 aromatic heterocycles. The van der Waals surface area contributed by atoms with Gasteiger partial charge in [-0.3, -0.25) is 0 Å². The fourth-order valence-electron chi connectivity index (χ4n) is 2.30. The van der Waals surface area contributed by atoms with E-state index in [-0.39, 0.29) is 35.7 Å². The molecule has 1 heterocycles. The first kappa shape index (κ1) is 23.3. The highest BCUT2D eigenvalue weighted by molar-refractivity contribution is 14.0. The molecule has 0 radical (unpaired) electrons. The van der Waals surface area contributed by atoms with E-state index in [2.05, 4.69) is 25.8 Å². The van der Waals surface area contributed by atoms with E-state index in [4.69, 9.17) is 4.52 Å². The SMILES string of the molecule is CCNC(=NCc1ccc(C)c(F)c1)NCCCc1nc(C(C)C)no1.I. The largest absolute Gasteiger partial charge is 0.357 e. The molecule has 0 amide bonds. The van der Waals surface area contributed by atoms with E-state index >= 15 is 0 Å². The fraction of sp³-hybridized carbons (Fsp3) is 0.526. The number of aliphatic imine (C=N–C) groups is 1. The first-order valence-electron chi connectivity index (χ1n) is 9.09. The molecule has 150 valence electrons. The summed E-state index contributed by atoms with van der Waals surface area (Å²) in [7, 11) is 0. The van der Waals surface area contributed by atoms with Gasteiger partial charge in [0, 0.05) is 25.4 Å². The van der Waals surface area contributed by atoms with Crippen LogP contribution < -0.4 is 10.6 Å². The number of hydrogen-bond donors (Lipinski definition) is 2. The Labute approximate surface area is 177 Å². The van der Waals surface area contributed by atoms with Crippen LogP contribution in [-0.2, 0) is 13.0 Å². The number of benzene rings is 1. The summed E-state index contributed by atoms with van der Waals surface area (Å²) < 4.78 is 18.8. The number of aryl methyl sites for hydroxylation is 2. The molecule has 2 rings (SSSR count).